The van der Waals surface area contributed by atoms with E-state index >= 15 is 8.78 Å². The lowest BCUT2D eigenvalue weighted by atomic mass is 9.81. The second-order valence-corrected chi connectivity index (χ2v) is 7.18. The first-order chi connectivity index (χ1) is 16.2. The van der Waals surface area contributed by atoms with E-state index in [2.05, 4.69) is 0 Å². The van der Waals surface area contributed by atoms with Crippen molar-refractivity contribution in [3.63, 3.8) is 0 Å². The molecule has 0 spiro atoms. The molecule has 10 heteroatoms. The lowest BCUT2D eigenvalue weighted by Gasteiger charge is -2.36. The number of nitrogens with two attached hydrogens (primary N) is 1. The number of rotatable bonds is 5. The van der Waals surface area contributed by atoms with Crippen molar-refractivity contribution in [2.24, 2.45) is 5.73 Å². The van der Waals surface area contributed by atoms with Gasteiger partial charge in [-0.1, -0.05) is 30.3 Å². The quantitative estimate of drug-likeness (QED) is 0.526. The maximum absolute atomic E-state index is 15.1. The Morgan fingerprint density at radius 3 is 2.06 bits per heavy atom. The van der Waals surface area contributed by atoms with E-state index in [0.717, 1.165) is 33.3 Å². The summed E-state index contributed by atoms with van der Waals surface area (Å²) in [5.41, 5.74) is 4.18. The molecule has 0 saturated heterocycles. The van der Waals surface area contributed by atoms with Crippen LogP contribution in [0.1, 0.15) is 28.8 Å². The number of benzene rings is 2. The number of Topliss-reactive ketones (excluding diaryl/α,β-unsaturated/α-hetero) is 1. The summed E-state index contributed by atoms with van der Waals surface area (Å²) < 4.78 is 39.9. The van der Waals surface area contributed by atoms with Gasteiger partial charge in [-0.25, -0.2) is 18.4 Å². The van der Waals surface area contributed by atoms with Crippen LogP contribution in [0.2, 0.25) is 0 Å². The van der Waals surface area contributed by atoms with Crippen LogP contribution in [0.3, 0.4) is 0 Å². The monoisotopic (exact) mass is 467 g/mol. The fourth-order valence-electron chi connectivity index (χ4n) is 3.73. The molecule has 0 aromatic heterocycles. The number of ether oxygens (including phenoxy) is 2. The molecule has 3 rings (SSSR count). The molecule has 174 valence electrons. The van der Waals surface area contributed by atoms with Crippen LogP contribution in [0, 0.1) is 23.0 Å². The Bertz CT molecular complexity index is 1270. The van der Waals surface area contributed by atoms with Crippen molar-refractivity contribution in [1.29, 1.82) is 5.26 Å². The zero-order chi connectivity index (χ0) is 25.2. The molecule has 8 nitrogen and oxygen atoms in total. The maximum Gasteiger partial charge on any atom is 0.355 e. The van der Waals surface area contributed by atoms with Crippen LogP contribution in [0.25, 0.3) is 0 Å². The van der Waals surface area contributed by atoms with Gasteiger partial charge in [-0.15, -0.1) is 0 Å². The highest BCUT2D eigenvalue weighted by molar-refractivity contribution is 6.06. The Morgan fingerprint density at radius 1 is 1.03 bits per heavy atom. The van der Waals surface area contributed by atoms with Crippen molar-refractivity contribution in [2.45, 2.75) is 12.8 Å². The van der Waals surface area contributed by atoms with Gasteiger partial charge >= 0.3 is 11.9 Å². The number of hydrogen-bond donors (Lipinski definition) is 1. The minimum Gasteiger partial charge on any atom is -0.466 e. The zero-order valence-electron chi connectivity index (χ0n) is 18.4. The summed E-state index contributed by atoms with van der Waals surface area (Å²) in [6, 6.07) is 11.5. The number of nitrogens with zero attached hydrogens (tertiary/aromatic N) is 2. The Labute approximate surface area is 193 Å². The molecule has 1 atom stereocenters. The van der Waals surface area contributed by atoms with Crippen LogP contribution in [0.15, 0.2) is 65.1 Å². The molecule has 0 aliphatic carbocycles. The first-order valence-corrected chi connectivity index (χ1v) is 9.83. The van der Waals surface area contributed by atoms with E-state index in [4.69, 9.17) is 15.2 Å². The third-order valence-corrected chi connectivity index (χ3v) is 5.26. The van der Waals surface area contributed by atoms with Crippen LogP contribution in [0.5, 0.6) is 0 Å². The Balaban J connectivity index is 2.47. The number of carbonyl (C=O) groups excluding carboxylic acids is 3. The van der Waals surface area contributed by atoms with E-state index in [1.165, 1.54) is 0 Å². The number of halogens is 2. The largest absolute Gasteiger partial charge is 0.466 e. The molecule has 1 heterocycles. The van der Waals surface area contributed by atoms with Gasteiger partial charge in [0.1, 0.15) is 17.2 Å². The van der Waals surface area contributed by atoms with E-state index in [-0.39, 0.29) is 11.1 Å². The van der Waals surface area contributed by atoms with E-state index in [1.807, 2.05) is 6.07 Å². The highest BCUT2D eigenvalue weighted by Crippen LogP contribution is 2.44. The van der Waals surface area contributed by atoms with Gasteiger partial charge in [0, 0.05) is 5.56 Å². The number of methoxy groups -OCH3 is 2. The summed E-state index contributed by atoms with van der Waals surface area (Å²) in [5.74, 6) is -7.00. The summed E-state index contributed by atoms with van der Waals surface area (Å²) in [4.78, 5) is 38.1. The minimum absolute atomic E-state index is 0.256. The third-order valence-electron chi connectivity index (χ3n) is 5.26. The molecule has 2 N–H and O–H groups in total. The minimum atomic E-state index is -1.26. The van der Waals surface area contributed by atoms with Gasteiger partial charge in [0.25, 0.3) is 0 Å². The Morgan fingerprint density at radius 2 is 1.59 bits per heavy atom. The number of carbonyl (C=O) groups is 3. The molecule has 2 aromatic rings. The van der Waals surface area contributed by atoms with Crippen molar-refractivity contribution < 1.29 is 32.6 Å². The van der Waals surface area contributed by atoms with E-state index in [9.17, 15) is 19.6 Å². The molecule has 0 fully saturated rings. The molecule has 2 aromatic carbocycles. The first kappa shape index (κ1) is 24.1. The van der Waals surface area contributed by atoms with Crippen LogP contribution < -0.4 is 10.6 Å². The number of anilines is 1. The summed E-state index contributed by atoms with van der Waals surface area (Å²) in [5, 5.41) is 9.93. The van der Waals surface area contributed by atoms with Crippen molar-refractivity contribution >= 4 is 23.4 Å². The van der Waals surface area contributed by atoms with Gasteiger partial charge in [-0.05, 0) is 24.6 Å². The SMILES string of the molecule is COC(=O)C1=C(C(=O)OC)N(c2c(F)cc(C(C)=O)cc2F)C(N)=C(C#N)C1c1ccccc1. The Kier molecular flexibility index (Phi) is 6.77. The van der Waals surface area contributed by atoms with E-state index < -0.39 is 58.1 Å². The van der Waals surface area contributed by atoms with Crippen molar-refractivity contribution in [3.8, 4) is 6.07 Å². The average Bonchev–Trinajstić information content (AvgIpc) is 2.83. The number of hydrogen-bond acceptors (Lipinski definition) is 8. The summed E-state index contributed by atoms with van der Waals surface area (Å²) in [7, 11) is 2.05. The van der Waals surface area contributed by atoms with Crippen LogP contribution in [-0.4, -0.2) is 31.9 Å². The van der Waals surface area contributed by atoms with Gasteiger partial charge in [0.15, 0.2) is 17.4 Å². The second kappa shape index (κ2) is 9.54. The van der Waals surface area contributed by atoms with Gasteiger partial charge in [-0.3, -0.25) is 9.69 Å². The van der Waals surface area contributed by atoms with Gasteiger partial charge in [0.05, 0.1) is 37.4 Å². The van der Waals surface area contributed by atoms with E-state index in [0.29, 0.717) is 10.5 Å². The van der Waals surface area contributed by atoms with Gasteiger partial charge < -0.3 is 15.2 Å². The van der Waals surface area contributed by atoms with Gasteiger partial charge in [0.2, 0.25) is 0 Å². The molecule has 1 unspecified atom stereocenters. The van der Waals surface area contributed by atoms with Crippen LogP contribution in [-0.2, 0) is 19.1 Å². The standard InChI is InChI=1S/C24H19F2N3O5/c1-12(30)14-9-16(25)20(17(26)10-14)29-21(24(32)34-3)19(23(31)33-2)18(15(11-27)22(29)28)13-7-5-4-6-8-13/h4-10,18H,28H2,1-3H3. The van der Waals surface area contributed by atoms with E-state index in [1.54, 1.807) is 30.3 Å². The summed E-state index contributed by atoms with van der Waals surface area (Å²) >= 11 is 0. The fourth-order valence-corrected chi connectivity index (χ4v) is 3.73. The first-order valence-electron chi connectivity index (χ1n) is 9.83. The molecular formula is C24H19F2N3O5. The molecular weight excluding hydrogens is 448 g/mol. The number of nitriles is 1. The summed E-state index contributed by atoms with van der Waals surface area (Å²) in [6.45, 7) is 1.12. The molecule has 34 heavy (non-hydrogen) atoms. The third kappa shape index (κ3) is 3.99. The topological polar surface area (TPSA) is 123 Å². The summed E-state index contributed by atoms with van der Waals surface area (Å²) in [6.07, 6.45) is 0. The lowest BCUT2D eigenvalue weighted by molar-refractivity contribution is -0.139. The average molecular weight is 467 g/mol. The van der Waals surface area contributed by atoms with Crippen molar-refractivity contribution in [1.82, 2.24) is 0 Å². The number of esters is 2. The Hall–Kier alpha value is -4.52. The molecule has 0 saturated carbocycles. The van der Waals surface area contributed by atoms with Crippen molar-refractivity contribution in [3.05, 3.63) is 87.9 Å². The lowest BCUT2D eigenvalue weighted by Crippen LogP contribution is -2.41. The zero-order valence-corrected chi connectivity index (χ0v) is 18.4. The smallest absolute Gasteiger partial charge is 0.355 e. The fraction of sp³-hybridized carbons (Fsp3) is 0.167. The maximum atomic E-state index is 15.1. The van der Waals surface area contributed by atoms with Crippen molar-refractivity contribution in [2.75, 3.05) is 19.1 Å². The van der Waals surface area contributed by atoms with Crippen LogP contribution >= 0.6 is 0 Å². The predicted octanol–water partition coefficient (Wildman–Crippen LogP) is 3.07. The highest BCUT2D eigenvalue weighted by Gasteiger charge is 2.44. The van der Waals surface area contributed by atoms with Gasteiger partial charge in [-0.2, -0.15) is 5.26 Å². The van der Waals surface area contributed by atoms with Crippen LogP contribution in [0.4, 0.5) is 14.5 Å². The predicted molar refractivity (Wildman–Crippen MR) is 116 cm³/mol. The number of allylic oxidation sites excluding steroid dienone is 1. The second-order valence-electron chi connectivity index (χ2n) is 7.18. The normalized spacial score (nSPS) is 15.6. The molecule has 0 radical (unpaired) electrons. The molecule has 1 aliphatic heterocycles. The highest BCUT2D eigenvalue weighted by atomic mass is 19.1. The molecule has 1 aliphatic rings. The number of ketones is 1. The molecule has 0 bridgehead atoms. The molecule has 0 amide bonds.